The minimum Gasteiger partial charge on any atom is -0.480 e. The van der Waals surface area contributed by atoms with E-state index < -0.39 is 12.0 Å². The number of aromatic amines is 1. The summed E-state index contributed by atoms with van der Waals surface area (Å²) in [6, 6.07) is 6.90. The SMILES string of the molecule is CC(C)[C@@H](C(=O)O)N1Cc2c([nH]c3ccccc23)C1=O. The van der Waals surface area contributed by atoms with Crippen LogP contribution in [-0.4, -0.2) is 32.9 Å². The van der Waals surface area contributed by atoms with Crippen LogP contribution in [0.1, 0.15) is 29.9 Å². The maximum atomic E-state index is 12.4. The topological polar surface area (TPSA) is 73.4 Å². The molecular weight excluding hydrogens is 256 g/mol. The largest absolute Gasteiger partial charge is 0.480 e. The maximum absolute atomic E-state index is 12.4. The summed E-state index contributed by atoms with van der Waals surface area (Å²) in [7, 11) is 0. The highest BCUT2D eigenvalue weighted by Gasteiger charge is 2.39. The van der Waals surface area contributed by atoms with Crippen LogP contribution in [-0.2, 0) is 11.3 Å². The Hall–Kier alpha value is -2.30. The lowest BCUT2D eigenvalue weighted by atomic mass is 10.0. The van der Waals surface area contributed by atoms with Gasteiger partial charge in [-0.25, -0.2) is 4.79 Å². The van der Waals surface area contributed by atoms with Crippen molar-refractivity contribution in [1.82, 2.24) is 9.88 Å². The smallest absolute Gasteiger partial charge is 0.326 e. The zero-order valence-corrected chi connectivity index (χ0v) is 11.4. The van der Waals surface area contributed by atoms with Crippen molar-refractivity contribution >= 4 is 22.8 Å². The number of carbonyl (C=O) groups is 2. The number of para-hydroxylation sites is 1. The van der Waals surface area contributed by atoms with Gasteiger partial charge in [0.1, 0.15) is 11.7 Å². The Kier molecular flexibility index (Phi) is 2.78. The van der Waals surface area contributed by atoms with E-state index in [0.717, 1.165) is 16.5 Å². The minimum atomic E-state index is -0.956. The Morgan fingerprint density at radius 2 is 2.05 bits per heavy atom. The zero-order valence-electron chi connectivity index (χ0n) is 11.4. The Morgan fingerprint density at radius 3 is 2.70 bits per heavy atom. The predicted octanol–water partition coefficient (Wildman–Crippen LogP) is 2.23. The molecule has 0 saturated carbocycles. The number of carboxylic acid groups (broad SMARTS) is 1. The number of rotatable bonds is 3. The van der Waals surface area contributed by atoms with Gasteiger partial charge in [-0.05, 0) is 12.0 Å². The van der Waals surface area contributed by atoms with Gasteiger partial charge in [-0.15, -0.1) is 0 Å². The van der Waals surface area contributed by atoms with Crippen LogP contribution >= 0.6 is 0 Å². The summed E-state index contributed by atoms with van der Waals surface area (Å²) in [6.07, 6.45) is 0. The molecule has 1 aromatic carbocycles. The fourth-order valence-electron chi connectivity index (χ4n) is 2.94. The Balaban J connectivity index is 2.04. The summed E-state index contributed by atoms with van der Waals surface area (Å²) < 4.78 is 0. The average molecular weight is 272 g/mol. The first-order chi connectivity index (χ1) is 9.50. The fourth-order valence-corrected chi connectivity index (χ4v) is 2.94. The number of amides is 1. The third-order valence-electron chi connectivity index (χ3n) is 3.84. The molecule has 1 amide bonds. The van der Waals surface area contributed by atoms with Crippen molar-refractivity contribution in [2.45, 2.75) is 26.4 Å². The number of fused-ring (bicyclic) bond motifs is 3. The number of H-pyrrole nitrogens is 1. The van der Waals surface area contributed by atoms with E-state index in [4.69, 9.17) is 0 Å². The van der Waals surface area contributed by atoms with Gasteiger partial charge in [0.2, 0.25) is 0 Å². The monoisotopic (exact) mass is 272 g/mol. The molecule has 0 aliphatic carbocycles. The van der Waals surface area contributed by atoms with Gasteiger partial charge in [-0.3, -0.25) is 4.79 Å². The number of nitrogens with one attached hydrogen (secondary N) is 1. The third-order valence-corrected chi connectivity index (χ3v) is 3.84. The maximum Gasteiger partial charge on any atom is 0.326 e. The molecule has 1 atom stereocenters. The van der Waals surface area contributed by atoms with E-state index in [2.05, 4.69) is 4.98 Å². The molecule has 3 rings (SSSR count). The number of benzene rings is 1. The summed E-state index contributed by atoms with van der Waals surface area (Å²) in [6.45, 7) is 3.99. The van der Waals surface area contributed by atoms with E-state index in [1.165, 1.54) is 4.90 Å². The summed E-state index contributed by atoms with van der Waals surface area (Å²) >= 11 is 0. The van der Waals surface area contributed by atoms with E-state index in [9.17, 15) is 14.7 Å². The standard InChI is InChI=1S/C15H16N2O3/c1-8(2)13(15(19)20)17-7-10-9-5-3-4-6-11(9)16-12(10)14(17)18/h3-6,8,13,16H,7H2,1-2H3,(H,19,20)/t13-/m0/s1. The molecule has 20 heavy (non-hydrogen) atoms. The van der Waals surface area contributed by atoms with Crippen molar-refractivity contribution in [1.29, 1.82) is 0 Å². The van der Waals surface area contributed by atoms with Gasteiger partial charge >= 0.3 is 5.97 Å². The number of nitrogens with zero attached hydrogens (tertiary/aromatic N) is 1. The molecule has 0 radical (unpaired) electrons. The number of hydrogen-bond acceptors (Lipinski definition) is 2. The van der Waals surface area contributed by atoms with E-state index in [0.29, 0.717) is 12.2 Å². The normalized spacial score (nSPS) is 15.9. The number of aliphatic carboxylic acids is 1. The molecule has 1 aliphatic heterocycles. The lowest BCUT2D eigenvalue weighted by Crippen LogP contribution is -2.45. The fraction of sp³-hybridized carbons (Fsp3) is 0.333. The first-order valence-corrected chi connectivity index (χ1v) is 6.64. The van der Waals surface area contributed by atoms with Crippen molar-refractivity contribution < 1.29 is 14.7 Å². The second-order valence-corrected chi connectivity index (χ2v) is 5.48. The van der Waals surface area contributed by atoms with Crippen LogP contribution in [0.25, 0.3) is 10.9 Å². The summed E-state index contributed by atoms with van der Waals surface area (Å²) in [5, 5.41) is 10.3. The second-order valence-electron chi connectivity index (χ2n) is 5.48. The molecule has 0 fully saturated rings. The van der Waals surface area contributed by atoms with E-state index in [1.807, 2.05) is 38.1 Å². The van der Waals surface area contributed by atoms with Gasteiger partial charge in [0.05, 0.1) is 0 Å². The number of aromatic nitrogens is 1. The van der Waals surface area contributed by atoms with Crippen molar-refractivity contribution in [2.24, 2.45) is 5.92 Å². The van der Waals surface area contributed by atoms with Gasteiger partial charge < -0.3 is 15.0 Å². The molecule has 2 aromatic rings. The highest BCUT2D eigenvalue weighted by Crippen LogP contribution is 2.32. The van der Waals surface area contributed by atoms with Crippen molar-refractivity contribution in [2.75, 3.05) is 0 Å². The molecule has 1 aliphatic rings. The van der Waals surface area contributed by atoms with E-state index >= 15 is 0 Å². The molecule has 0 unspecified atom stereocenters. The van der Waals surface area contributed by atoms with Crippen LogP contribution in [0.3, 0.4) is 0 Å². The third kappa shape index (κ3) is 1.70. The molecule has 2 heterocycles. The summed E-state index contributed by atoms with van der Waals surface area (Å²) in [5.74, 6) is -1.31. The molecule has 0 bridgehead atoms. The Labute approximate surface area is 116 Å². The Bertz CT molecular complexity index is 702. The van der Waals surface area contributed by atoms with Crippen molar-refractivity contribution in [3.8, 4) is 0 Å². The highest BCUT2D eigenvalue weighted by molar-refractivity contribution is 6.05. The number of carbonyl (C=O) groups excluding carboxylic acids is 1. The molecule has 2 N–H and O–H groups in total. The number of hydrogen-bond donors (Lipinski definition) is 2. The predicted molar refractivity (Wildman–Crippen MR) is 74.4 cm³/mol. The first kappa shape index (κ1) is 12.7. The summed E-state index contributed by atoms with van der Waals surface area (Å²) in [4.78, 5) is 28.4. The van der Waals surface area contributed by atoms with Gasteiger partial charge in [0, 0.05) is 23.0 Å². The molecule has 5 heteroatoms. The van der Waals surface area contributed by atoms with E-state index in [1.54, 1.807) is 0 Å². The lowest BCUT2D eigenvalue weighted by molar-refractivity contribution is -0.144. The lowest BCUT2D eigenvalue weighted by Gasteiger charge is -2.27. The molecular formula is C15H16N2O3. The van der Waals surface area contributed by atoms with Crippen molar-refractivity contribution in [3.63, 3.8) is 0 Å². The zero-order chi connectivity index (χ0) is 14.4. The molecule has 1 aromatic heterocycles. The molecule has 104 valence electrons. The van der Waals surface area contributed by atoms with E-state index in [-0.39, 0.29) is 11.8 Å². The van der Waals surface area contributed by atoms with Gasteiger partial charge in [0.25, 0.3) is 5.91 Å². The molecule has 0 spiro atoms. The first-order valence-electron chi connectivity index (χ1n) is 6.64. The number of carboxylic acids is 1. The van der Waals surface area contributed by atoms with Crippen LogP contribution in [0.4, 0.5) is 0 Å². The minimum absolute atomic E-state index is 0.133. The van der Waals surface area contributed by atoms with Gasteiger partial charge in [0.15, 0.2) is 0 Å². The highest BCUT2D eigenvalue weighted by atomic mass is 16.4. The average Bonchev–Trinajstić information content (AvgIpc) is 2.88. The molecule has 5 nitrogen and oxygen atoms in total. The molecule has 0 saturated heterocycles. The van der Waals surface area contributed by atoms with Crippen LogP contribution in [0.15, 0.2) is 24.3 Å². The second kappa shape index (κ2) is 4.37. The quantitative estimate of drug-likeness (QED) is 0.899. The van der Waals surface area contributed by atoms with Crippen LogP contribution in [0.5, 0.6) is 0 Å². The van der Waals surface area contributed by atoms with Crippen LogP contribution in [0.2, 0.25) is 0 Å². The Morgan fingerprint density at radius 1 is 1.35 bits per heavy atom. The van der Waals surface area contributed by atoms with Gasteiger partial charge in [-0.1, -0.05) is 32.0 Å². The van der Waals surface area contributed by atoms with Gasteiger partial charge in [-0.2, -0.15) is 0 Å². The summed E-state index contributed by atoms with van der Waals surface area (Å²) in [5.41, 5.74) is 2.34. The van der Waals surface area contributed by atoms with Crippen LogP contribution < -0.4 is 0 Å². The van der Waals surface area contributed by atoms with Crippen molar-refractivity contribution in [3.05, 3.63) is 35.5 Å². The van der Waals surface area contributed by atoms with Crippen LogP contribution in [0, 0.1) is 5.92 Å².